The normalized spacial score (nSPS) is 46.6. The Hall–Kier alpha value is 0.0300. The fraction of sp³-hybridized carbons (Fsp3) is 0.750. The molecular weight excluding hydrogens is 132 g/mol. The molecule has 2 aliphatic carbocycles. The molecule has 0 aromatic heterocycles. The fourth-order valence-corrected chi connectivity index (χ4v) is 2.43. The molecular formula is C8H11Cl. The topological polar surface area (TPSA) is 0 Å². The molecule has 9 heavy (non-hydrogen) atoms. The van der Waals surface area contributed by atoms with Gasteiger partial charge in [-0.15, -0.1) is 11.6 Å². The smallest absolute Gasteiger partial charge is 0.0257 e. The Morgan fingerprint density at radius 1 is 1.33 bits per heavy atom. The van der Waals surface area contributed by atoms with Crippen LogP contribution in [0.5, 0.6) is 0 Å². The SMILES string of the molecule is ClC[C@@H]1C[C@H]2C=C[C@H]1C2. The zero-order valence-electron chi connectivity index (χ0n) is 5.39. The minimum Gasteiger partial charge on any atom is -0.126 e. The highest BCUT2D eigenvalue weighted by Crippen LogP contribution is 2.43. The van der Waals surface area contributed by atoms with Gasteiger partial charge in [-0.1, -0.05) is 12.2 Å². The maximum Gasteiger partial charge on any atom is 0.0257 e. The molecule has 0 aromatic rings. The Labute approximate surface area is 60.9 Å². The van der Waals surface area contributed by atoms with Gasteiger partial charge in [0.2, 0.25) is 0 Å². The summed E-state index contributed by atoms with van der Waals surface area (Å²) in [5.41, 5.74) is 0. The Morgan fingerprint density at radius 3 is 2.56 bits per heavy atom. The van der Waals surface area contributed by atoms with Crippen LogP contribution in [0.4, 0.5) is 0 Å². The van der Waals surface area contributed by atoms with E-state index in [1.54, 1.807) is 0 Å². The van der Waals surface area contributed by atoms with E-state index in [0.29, 0.717) is 0 Å². The summed E-state index contributed by atoms with van der Waals surface area (Å²) < 4.78 is 0. The van der Waals surface area contributed by atoms with Gasteiger partial charge in [0.25, 0.3) is 0 Å². The van der Waals surface area contributed by atoms with Crippen molar-refractivity contribution >= 4 is 11.6 Å². The molecule has 0 aromatic carbocycles. The molecule has 2 rings (SSSR count). The predicted octanol–water partition coefficient (Wildman–Crippen LogP) is 2.44. The number of hydrogen-bond acceptors (Lipinski definition) is 0. The van der Waals surface area contributed by atoms with Gasteiger partial charge in [0, 0.05) is 5.88 Å². The first-order chi connectivity index (χ1) is 4.40. The number of alkyl halides is 1. The zero-order chi connectivity index (χ0) is 6.27. The third-order valence-electron chi connectivity index (χ3n) is 2.61. The second kappa shape index (κ2) is 2.02. The summed E-state index contributed by atoms with van der Waals surface area (Å²) in [5.74, 6) is 3.40. The van der Waals surface area contributed by atoms with Crippen LogP contribution in [-0.4, -0.2) is 5.88 Å². The molecule has 2 bridgehead atoms. The highest BCUT2D eigenvalue weighted by Gasteiger charge is 2.34. The van der Waals surface area contributed by atoms with E-state index in [1.165, 1.54) is 12.8 Å². The van der Waals surface area contributed by atoms with Crippen molar-refractivity contribution in [2.24, 2.45) is 17.8 Å². The lowest BCUT2D eigenvalue weighted by atomic mass is 9.96. The summed E-state index contributed by atoms with van der Waals surface area (Å²) in [5, 5.41) is 0. The molecule has 1 saturated carbocycles. The van der Waals surface area contributed by atoms with Crippen molar-refractivity contribution in [2.45, 2.75) is 12.8 Å². The summed E-state index contributed by atoms with van der Waals surface area (Å²) in [6.07, 6.45) is 7.44. The van der Waals surface area contributed by atoms with Crippen LogP contribution in [0.15, 0.2) is 12.2 Å². The third kappa shape index (κ3) is 0.806. The lowest BCUT2D eigenvalue weighted by molar-refractivity contribution is 0.499. The predicted molar refractivity (Wildman–Crippen MR) is 39.6 cm³/mol. The molecule has 3 atom stereocenters. The Bertz CT molecular complexity index is 140. The number of rotatable bonds is 1. The molecule has 0 saturated heterocycles. The van der Waals surface area contributed by atoms with Crippen molar-refractivity contribution < 1.29 is 0 Å². The highest BCUT2D eigenvalue weighted by molar-refractivity contribution is 6.18. The Morgan fingerprint density at radius 2 is 2.22 bits per heavy atom. The van der Waals surface area contributed by atoms with Crippen LogP contribution in [0.1, 0.15) is 12.8 Å². The van der Waals surface area contributed by atoms with Crippen molar-refractivity contribution in [3.63, 3.8) is 0 Å². The number of allylic oxidation sites excluding steroid dienone is 2. The lowest BCUT2D eigenvalue weighted by Crippen LogP contribution is -2.07. The minimum absolute atomic E-state index is 0.807. The van der Waals surface area contributed by atoms with Crippen molar-refractivity contribution in [3.05, 3.63) is 12.2 Å². The summed E-state index contributed by atoms with van der Waals surface area (Å²) >= 11 is 5.77. The summed E-state index contributed by atoms with van der Waals surface area (Å²) in [6, 6.07) is 0. The third-order valence-corrected chi connectivity index (χ3v) is 3.01. The van der Waals surface area contributed by atoms with E-state index in [-0.39, 0.29) is 0 Å². The van der Waals surface area contributed by atoms with Crippen LogP contribution in [0.2, 0.25) is 0 Å². The van der Waals surface area contributed by atoms with Crippen molar-refractivity contribution in [1.29, 1.82) is 0 Å². The molecule has 1 fully saturated rings. The molecule has 0 amide bonds. The van der Waals surface area contributed by atoms with E-state index in [4.69, 9.17) is 11.6 Å². The standard InChI is InChI=1S/C8H11Cl/c9-5-8-4-6-1-2-7(8)3-6/h1-2,6-8H,3-5H2/t6-,7-,8-/m0/s1. The molecule has 0 unspecified atom stereocenters. The minimum atomic E-state index is 0.807. The number of fused-ring (bicyclic) bond motifs is 2. The molecule has 0 radical (unpaired) electrons. The fourth-order valence-electron chi connectivity index (χ4n) is 2.07. The van der Waals surface area contributed by atoms with Gasteiger partial charge >= 0.3 is 0 Å². The van der Waals surface area contributed by atoms with E-state index in [2.05, 4.69) is 12.2 Å². The van der Waals surface area contributed by atoms with Gasteiger partial charge in [-0.2, -0.15) is 0 Å². The second-order valence-corrected chi connectivity index (χ2v) is 3.50. The highest BCUT2D eigenvalue weighted by atomic mass is 35.5. The van der Waals surface area contributed by atoms with Crippen LogP contribution < -0.4 is 0 Å². The molecule has 1 heteroatoms. The Kier molecular flexibility index (Phi) is 1.30. The van der Waals surface area contributed by atoms with Gasteiger partial charge in [-0.05, 0) is 30.6 Å². The quantitative estimate of drug-likeness (QED) is 0.390. The zero-order valence-corrected chi connectivity index (χ0v) is 6.14. The Balaban J connectivity index is 2.10. The number of halogens is 1. The monoisotopic (exact) mass is 142 g/mol. The summed E-state index contributed by atoms with van der Waals surface area (Å²) in [7, 11) is 0. The lowest BCUT2D eigenvalue weighted by Gasteiger charge is -2.13. The average Bonchev–Trinajstić information content (AvgIpc) is 2.45. The van der Waals surface area contributed by atoms with Gasteiger partial charge in [0.1, 0.15) is 0 Å². The first kappa shape index (κ1) is 5.79. The molecule has 0 nitrogen and oxygen atoms in total. The van der Waals surface area contributed by atoms with Gasteiger partial charge in [-0.3, -0.25) is 0 Å². The van der Waals surface area contributed by atoms with Crippen LogP contribution in [-0.2, 0) is 0 Å². The van der Waals surface area contributed by atoms with Crippen LogP contribution in [0.25, 0.3) is 0 Å². The van der Waals surface area contributed by atoms with Gasteiger partial charge in [0.05, 0.1) is 0 Å². The van der Waals surface area contributed by atoms with Gasteiger partial charge < -0.3 is 0 Å². The van der Waals surface area contributed by atoms with Gasteiger partial charge in [-0.25, -0.2) is 0 Å². The van der Waals surface area contributed by atoms with Crippen LogP contribution in [0.3, 0.4) is 0 Å². The first-order valence-corrected chi connectivity index (χ1v) is 4.18. The van der Waals surface area contributed by atoms with E-state index < -0.39 is 0 Å². The maximum atomic E-state index is 5.77. The van der Waals surface area contributed by atoms with Crippen LogP contribution in [0, 0.1) is 17.8 Å². The summed E-state index contributed by atoms with van der Waals surface area (Å²) in [6.45, 7) is 0. The molecule has 0 aliphatic heterocycles. The number of hydrogen-bond donors (Lipinski definition) is 0. The van der Waals surface area contributed by atoms with Crippen molar-refractivity contribution in [1.82, 2.24) is 0 Å². The average molecular weight is 143 g/mol. The van der Waals surface area contributed by atoms with Gasteiger partial charge in [0.15, 0.2) is 0 Å². The van der Waals surface area contributed by atoms with E-state index >= 15 is 0 Å². The first-order valence-electron chi connectivity index (χ1n) is 3.64. The van der Waals surface area contributed by atoms with E-state index in [1.807, 2.05) is 0 Å². The van der Waals surface area contributed by atoms with E-state index in [9.17, 15) is 0 Å². The molecule has 0 heterocycles. The molecule has 0 spiro atoms. The molecule has 2 aliphatic rings. The molecule has 50 valence electrons. The second-order valence-electron chi connectivity index (χ2n) is 3.19. The van der Waals surface area contributed by atoms with Crippen molar-refractivity contribution in [3.8, 4) is 0 Å². The van der Waals surface area contributed by atoms with Crippen LogP contribution >= 0.6 is 11.6 Å². The summed E-state index contributed by atoms with van der Waals surface area (Å²) in [4.78, 5) is 0. The van der Waals surface area contributed by atoms with E-state index in [0.717, 1.165) is 23.6 Å². The maximum absolute atomic E-state index is 5.77. The van der Waals surface area contributed by atoms with Crippen molar-refractivity contribution in [2.75, 3.05) is 5.88 Å². The largest absolute Gasteiger partial charge is 0.126 e. The molecule has 0 N–H and O–H groups in total.